The molecule has 0 radical (unpaired) electrons. The van der Waals surface area contributed by atoms with Crippen LogP contribution in [-0.2, 0) is 13.1 Å². The molecule has 0 bridgehead atoms. The number of carbonyl (C=O) groups is 1. The van der Waals surface area contributed by atoms with Crippen molar-refractivity contribution in [3.8, 4) is 35.1 Å². The van der Waals surface area contributed by atoms with E-state index in [2.05, 4.69) is 16.2 Å². The van der Waals surface area contributed by atoms with Crippen LogP contribution in [0.25, 0.3) is 11.3 Å². The summed E-state index contributed by atoms with van der Waals surface area (Å²) in [5, 5.41) is 2.69. The van der Waals surface area contributed by atoms with Crippen molar-refractivity contribution in [2.45, 2.75) is 20.0 Å². The Balaban J connectivity index is 1.49. The summed E-state index contributed by atoms with van der Waals surface area (Å²) in [4.78, 5) is 17.1. The first-order valence-electron chi connectivity index (χ1n) is 10.5. The molecule has 0 fully saturated rings. The molecule has 1 N–H and O–H groups in total. The van der Waals surface area contributed by atoms with E-state index < -0.39 is 11.6 Å². The fourth-order valence-electron chi connectivity index (χ4n) is 3.52. The third-order valence-electron chi connectivity index (χ3n) is 5.18. The van der Waals surface area contributed by atoms with Gasteiger partial charge in [0.1, 0.15) is 23.1 Å². The summed E-state index contributed by atoms with van der Waals surface area (Å²) in [5.74, 6) is 1.89. The predicted molar refractivity (Wildman–Crippen MR) is 125 cm³/mol. The highest BCUT2D eigenvalue weighted by Gasteiger charge is 2.14. The highest BCUT2D eigenvalue weighted by Crippen LogP contribution is 2.29. The summed E-state index contributed by atoms with van der Waals surface area (Å²) in [6, 6.07) is 13.7. The molecule has 5 nitrogen and oxygen atoms in total. The first-order valence-corrected chi connectivity index (χ1v) is 10.5. The van der Waals surface area contributed by atoms with Crippen LogP contribution in [0.5, 0.6) is 11.5 Å². The molecule has 0 saturated heterocycles. The van der Waals surface area contributed by atoms with E-state index >= 15 is 0 Å². The van der Waals surface area contributed by atoms with Crippen molar-refractivity contribution in [1.29, 1.82) is 0 Å². The summed E-state index contributed by atoms with van der Waals surface area (Å²) in [7, 11) is 0. The number of amides is 1. The van der Waals surface area contributed by atoms with Gasteiger partial charge in [-0.15, -0.1) is 6.42 Å². The van der Waals surface area contributed by atoms with Crippen molar-refractivity contribution in [2.24, 2.45) is 0 Å². The molecule has 7 heteroatoms. The quantitative estimate of drug-likeness (QED) is 0.373. The lowest BCUT2D eigenvalue weighted by molar-refractivity contribution is 0.0950. The normalized spacial score (nSPS) is 10.5. The fourth-order valence-corrected chi connectivity index (χ4v) is 3.52. The highest BCUT2D eigenvalue weighted by atomic mass is 19.1. The average molecular weight is 457 g/mol. The monoisotopic (exact) mass is 457 g/mol. The van der Waals surface area contributed by atoms with Gasteiger partial charge in [-0.2, -0.15) is 0 Å². The topological polar surface area (TPSA) is 56.1 Å². The van der Waals surface area contributed by atoms with Crippen molar-refractivity contribution in [3.63, 3.8) is 0 Å². The molecule has 0 spiro atoms. The summed E-state index contributed by atoms with van der Waals surface area (Å²) < 4.78 is 34.7. The Morgan fingerprint density at radius 3 is 2.71 bits per heavy atom. The molecule has 4 aromatic rings. The molecule has 0 aliphatic heterocycles. The summed E-state index contributed by atoms with van der Waals surface area (Å²) in [6.45, 7) is 2.23. The van der Waals surface area contributed by atoms with Gasteiger partial charge in [-0.3, -0.25) is 9.78 Å². The second kappa shape index (κ2) is 10.0. The van der Waals surface area contributed by atoms with Crippen LogP contribution in [0, 0.1) is 30.9 Å². The average Bonchev–Trinajstić information content (AvgIpc) is 3.27. The van der Waals surface area contributed by atoms with Gasteiger partial charge < -0.3 is 14.6 Å². The second-order valence-electron chi connectivity index (χ2n) is 7.64. The van der Waals surface area contributed by atoms with Gasteiger partial charge in [0.25, 0.3) is 5.91 Å². The molecular formula is C27H21F2N3O2. The van der Waals surface area contributed by atoms with Gasteiger partial charge in [0.2, 0.25) is 0 Å². The largest absolute Gasteiger partial charge is 0.457 e. The van der Waals surface area contributed by atoms with Crippen LogP contribution in [0.1, 0.15) is 21.5 Å². The van der Waals surface area contributed by atoms with Crippen LogP contribution < -0.4 is 10.1 Å². The molecule has 2 heterocycles. The lowest BCUT2D eigenvalue weighted by Crippen LogP contribution is -2.23. The maximum Gasteiger partial charge on any atom is 0.251 e. The van der Waals surface area contributed by atoms with E-state index in [0.29, 0.717) is 34.7 Å². The van der Waals surface area contributed by atoms with E-state index in [0.717, 1.165) is 17.3 Å². The van der Waals surface area contributed by atoms with Crippen molar-refractivity contribution >= 4 is 5.91 Å². The summed E-state index contributed by atoms with van der Waals surface area (Å²) in [5.41, 5.74) is 2.98. The fraction of sp³-hybridized carbons (Fsp3) is 0.111. The van der Waals surface area contributed by atoms with Crippen LogP contribution in [0.4, 0.5) is 8.78 Å². The van der Waals surface area contributed by atoms with Gasteiger partial charge in [0.15, 0.2) is 0 Å². The Labute approximate surface area is 196 Å². The molecule has 170 valence electrons. The smallest absolute Gasteiger partial charge is 0.251 e. The van der Waals surface area contributed by atoms with E-state index in [1.165, 1.54) is 12.1 Å². The molecule has 0 atom stereocenters. The zero-order valence-corrected chi connectivity index (χ0v) is 18.4. The predicted octanol–water partition coefficient (Wildman–Crippen LogP) is 5.49. The number of benzene rings is 2. The SMILES string of the molecule is C#CCn1ccc(-c2cc(Oc3cccc(C(=O)NCc4cc(F)cc(F)c4)c3C)ccn2)c1. The van der Waals surface area contributed by atoms with Gasteiger partial charge in [0.05, 0.1) is 12.2 Å². The van der Waals surface area contributed by atoms with E-state index in [1.54, 1.807) is 43.5 Å². The third-order valence-corrected chi connectivity index (χ3v) is 5.18. The minimum atomic E-state index is -0.694. The molecule has 0 aliphatic carbocycles. The van der Waals surface area contributed by atoms with Crippen molar-refractivity contribution < 1.29 is 18.3 Å². The first-order chi connectivity index (χ1) is 16.4. The number of pyridine rings is 1. The minimum absolute atomic E-state index is 0.00885. The number of hydrogen-bond acceptors (Lipinski definition) is 3. The van der Waals surface area contributed by atoms with E-state index in [4.69, 9.17) is 11.2 Å². The maximum absolute atomic E-state index is 13.4. The second-order valence-corrected chi connectivity index (χ2v) is 7.64. The molecular weight excluding hydrogens is 436 g/mol. The van der Waals surface area contributed by atoms with Crippen LogP contribution in [0.15, 0.2) is 73.2 Å². The van der Waals surface area contributed by atoms with Crippen molar-refractivity contribution in [1.82, 2.24) is 14.9 Å². The number of hydrogen-bond donors (Lipinski definition) is 1. The molecule has 1 amide bonds. The van der Waals surface area contributed by atoms with E-state index in [1.807, 2.05) is 23.0 Å². The molecule has 0 saturated carbocycles. The first kappa shape index (κ1) is 22.7. The van der Waals surface area contributed by atoms with Crippen LogP contribution in [0.3, 0.4) is 0 Å². The zero-order valence-electron chi connectivity index (χ0n) is 18.4. The molecule has 2 aromatic heterocycles. The number of rotatable bonds is 7. The van der Waals surface area contributed by atoms with Gasteiger partial charge in [-0.1, -0.05) is 12.0 Å². The van der Waals surface area contributed by atoms with E-state index in [9.17, 15) is 13.6 Å². The summed E-state index contributed by atoms with van der Waals surface area (Å²) in [6.07, 6.45) is 10.8. The van der Waals surface area contributed by atoms with Crippen LogP contribution >= 0.6 is 0 Å². The molecule has 34 heavy (non-hydrogen) atoms. The van der Waals surface area contributed by atoms with Crippen LogP contribution in [0.2, 0.25) is 0 Å². The van der Waals surface area contributed by atoms with Crippen molar-refractivity contribution in [2.75, 3.05) is 0 Å². The Bertz CT molecular complexity index is 1370. The minimum Gasteiger partial charge on any atom is -0.457 e. The Kier molecular flexibility index (Phi) is 6.69. The lowest BCUT2D eigenvalue weighted by Gasteiger charge is -2.13. The maximum atomic E-state index is 13.4. The van der Waals surface area contributed by atoms with Gasteiger partial charge >= 0.3 is 0 Å². The number of carbonyl (C=O) groups excluding carboxylic acids is 1. The number of ether oxygens (including phenoxy) is 1. The molecule has 0 aliphatic rings. The number of nitrogens with one attached hydrogen (secondary N) is 1. The molecule has 2 aromatic carbocycles. The van der Waals surface area contributed by atoms with Crippen LogP contribution in [-0.4, -0.2) is 15.5 Å². The number of aromatic nitrogens is 2. The van der Waals surface area contributed by atoms with Gasteiger partial charge in [-0.25, -0.2) is 8.78 Å². The molecule has 0 unspecified atom stereocenters. The highest BCUT2D eigenvalue weighted by molar-refractivity contribution is 5.96. The zero-order chi connectivity index (χ0) is 24.1. The number of halogens is 2. The van der Waals surface area contributed by atoms with E-state index in [-0.39, 0.29) is 12.5 Å². The van der Waals surface area contributed by atoms with Gasteiger partial charge in [0, 0.05) is 54.0 Å². The molecule has 4 rings (SSSR count). The van der Waals surface area contributed by atoms with Crippen molar-refractivity contribution in [3.05, 3.63) is 102 Å². The Hall–Kier alpha value is -4.44. The standard InChI is InChI=1S/C27H21F2N3O2/c1-3-10-32-11-8-20(17-32)25-15-23(7-9-30-25)34-26-6-4-5-24(18(26)2)27(33)31-16-19-12-21(28)14-22(29)13-19/h1,4-9,11-15,17H,10,16H2,2H3,(H,31,33). The third kappa shape index (κ3) is 5.30. The van der Waals surface area contributed by atoms with Gasteiger partial charge in [-0.05, 0) is 48.9 Å². The lowest BCUT2D eigenvalue weighted by atomic mass is 10.1. The Morgan fingerprint density at radius 1 is 1.15 bits per heavy atom. The number of terminal acetylenes is 1. The summed E-state index contributed by atoms with van der Waals surface area (Å²) >= 11 is 0. The number of nitrogens with zero attached hydrogens (tertiary/aromatic N) is 2. The Morgan fingerprint density at radius 2 is 1.94 bits per heavy atom.